The lowest BCUT2D eigenvalue weighted by Crippen LogP contribution is -2.30. The smallest absolute Gasteiger partial charge is 0.267 e. The second kappa shape index (κ2) is 9.94. The van der Waals surface area contributed by atoms with Gasteiger partial charge in [0.25, 0.3) is 5.91 Å². The highest BCUT2D eigenvalue weighted by Crippen LogP contribution is 2.37. The molecule has 0 aliphatic heterocycles. The monoisotopic (exact) mass is 512 g/mol. The number of aromatic nitrogens is 1. The van der Waals surface area contributed by atoms with Gasteiger partial charge in [-0.2, -0.15) is 0 Å². The fourth-order valence-corrected chi connectivity index (χ4v) is 3.72. The summed E-state index contributed by atoms with van der Waals surface area (Å²) in [6, 6.07) is 8.86. The third-order valence-electron chi connectivity index (χ3n) is 4.43. The van der Waals surface area contributed by atoms with Crippen LogP contribution in [-0.2, 0) is 10.0 Å². The summed E-state index contributed by atoms with van der Waals surface area (Å²) in [7, 11) is -3.87. The Hall–Kier alpha value is -2.88. The topological polar surface area (TPSA) is 94.6 Å². The highest BCUT2D eigenvalue weighted by molar-refractivity contribution is 7.89. The minimum atomic E-state index is -3.87. The predicted molar refractivity (Wildman–Crippen MR) is 124 cm³/mol. The first-order chi connectivity index (χ1) is 15.5. The summed E-state index contributed by atoms with van der Waals surface area (Å²) in [5.74, 6) is -1.31. The molecule has 0 bridgehead atoms. The second-order valence-electron chi connectivity index (χ2n) is 6.94. The van der Waals surface area contributed by atoms with E-state index in [-0.39, 0.29) is 28.8 Å². The van der Waals surface area contributed by atoms with Gasteiger partial charge in [0, 0.05) is 27.9 Å². The van der Waals surface area contributed by atoms with Crippen LogP contribution in [0.25, 0.3) is 11.1 Å². The Morgan fingerprint density at radius 1 is 1.15 bits per heavy atom. The SMILES string of the molecule is CCOc1cc(C(=O)NS(C)(=O)=O)c(F)cc1-c1cnc(Oc2cccc(Cl)c2C)c(Cl)c1. The molecule has 0 aliphatic rings. The first-order valence-corrected chi connectivity index (χ1v) is 12.2. The number of carbonyl (C=O) groups is 1. The molecule has 1 N–H and O–H groups in total. The van der Waals surface area contributed by atoms with Crippen LogP contribution in [0.5, 0.6) is 17.4 Å². The van der Waals surface area contributed by atoms with Crippen molar-refractivity contribution >= 4 is 39.1 Å². The molecule has 3 aromatic rings. The highest BCUT2D eigenvalue weighted by atomic mass is 35.5. The third-order valence-corrected chi connectivity index (χ3v) is 5.67. The second-order valence-corrected chi connectivity index (χ2v) is 9.50. The molecule has 0 atom stereocenters. The van der Waals surface area contributed by atoms with E-state index in [0.29, 0.717) is 21.9 Å². The summed E-state index contributed by atoms with van der Waals surface area (Å²) in [5.41, 5.74) is 0.894. The van der Waals surface area contributed by atoms with Crippen molar-refractivity contribution in [3.8, 4) is 28.5 Å². The lowest BCUT2D eigenvalue weighted by molar-refractivity contribution is 0.0977. The van der Waals surface area contributed by atoms with Gasteiger partial charge < -0.3 is 9.47 Å². The molecule has 11 heteroatoms. The largest absolute Gasteiger partial charge is 0.493 e. The van der Waals surface area contributed by atoms with Crippen molar-refractivity contribution in [2.24, 2.45) is 0 Å². The van der Waals surface area contributed by atoms with Gasteiger partial charge in [-0.15, -0.1) is 0 Å². The number of rotatable bonds is 7. The minimum Gasteiger partial charge on any atom is -0.493 e. The first-order valence-electron chi connectivity index (χ1n) is 9.57. The van der Waals surface area contributed by atoms with Crippen LogP contribution in [0.15, 0.2) is 42.6 Å². The molecule has 33 heavy (non-hydrogen) atoms. The molecule has 7 nitrogen and oxygen atoms in total. The van der Waals surface area contributed by atoms with Gasteiger partial charge in [-0.3, -0.25) is 4.79 Å². The number of nitrogens with one attached hydrogen (secondary N) is 1. The maximum Gasteiger partial charge on any atom is 0.267 e. The molecule has 1 heterocycles. The van der Waals surface area contributed by atoms with Crippen molar-refractivity contribution in [3.63, 3.8) is 0 Å². The number of benzene rings is 2. The number of sulfonamides is 1. The molecule has 0 aliphatic carbocycles. The van der Waals surface area contributed by atoms with E-state index in [2.05, 4.69) is 4.98 Å². The molecule has 0 saturated carbocycles. The number of carbonyl (C=O) groups excluding carboxylic acids is 1. The molecule has 1 amide bonds. The van der Waals surface area contributed by atoms with Gasteiger partial charge in [0.1, 0.15) is 22.3 Å². The summed E-state index contributed by atoms with van der Waals surface area (Å²) in [6.07, 6.45) is 2.21. The lowest BCUT2D eigenvalue weighted by Gasteiger charge is -2.15. The van der Waals surface area contributed by atoms with Gasteiger partial charge in [0.2, 0.25) is 15.9 Å². The standard InChI is InChI=1S/C22H19Cl2FN2O5S/c1-4-31-20-10-15(21(28)27-33(3,29)30)18(25)9-14(20)13-8-17(24)22(26-11-13)32-19-7-5-6-16(23)12(19)2/h5-11H,4H2,1-3H3,(H,27,28). The highest BCUT2D eigenvalue weighted by Gasteiger charge is 2.21. The van der Waals surface area contributed by atoms with Crippen molar-refractivity contribution in [2.45, 2.75) is 13.8 Å². The number of hydrogen-bond donors (Lipinski definition) is 1. The Kier molecular flexibility index (Phi) is 7.46. The molecular formula is C22H19Cl2FN2O5S. The van der Waals surface area contributed by atoms with Crippen molar-refractivity contribution in [1.82, 2.24) is 9.71 Å². The Balaban J connectivity index is 2.00. The Morgan fingerprint density at radius 3 is 2.52 bits per heavy atom. The number of ether oxygens (including phenoxy) is 2. The maximum absolute atomic E-state index is 14.7. The van der Waals surface area contributed by atoms with E-state index >= 15 is 0 Å². The Bertz CT molecular complexity index is 1330. The third kappa shape index (κ3) is 5.93. The van der Waals surface area contributed by atoms with Crippen LogP contribution in [0.1, 0.15) is 22.8 Å². The molecular weight excluding hydrogens is 494 g/mol. The zero-order chi connectivity index (χ0) is 24.3. The van der Waals surface area contributed by atoms with Crippen LogP contribution in [0.3, 0.4) is 0 Å². The number of pyridine rings is 1. The van der Waals surface area contributed by atoms with Gasteiger partial charge in [-0.25, -0.2) is 22.5 Å². The zero-order valence-corrected chi connectivity index (χ0v) is 20.1. The predicted octanol–water partition coefficient (Wildman–Crippen LogP) is 5.38. The van der Waals surface area contributed by atoms with Crippen molar-refractivity contribution < 1.29 is 27.1 Å². The molecule has 0 saturated heterocycles. The number of hydrogen-bond acceptors (Lipinski definition) is 6. The molecule has 0 radical (unpaired) electrons. The van der Waals surface area contributed by atoms with E-state index in [9.17, 15) is 17.6 Å². The Labute approximate surface area is 200 Å². The summed E-state index contributed by atoms with van der Waals surface area (Å²) in [5, 5.41) is 0.672. The molecule has 0 spiro atoms. The Morgan fingerprint density at radius 2 is 1.88 bits per heavy atom. The van der Waals surface area contributed by atoms with Crippen molar-refractivity contribution in [3.05, 3.63) is 69.6 Å². The van der Waals surface area contributed by atoms with E-state index < -0.39 is 27.3 Å². The van der Waals surface area contributed by atoms with E-state index in [4.69, 9.17) is 32.7 Å². The van der Waals surface area contributed by atoms with Crippen LogP contribution in [0.2, 0.25) is 10.0 Å². The van der Waals surface area contributed by atoms with E-state index in [1.54, 1.807) is 36.8 Å². The van der Waals surface area contributed by atoms with E-state index in [0.717, 1.165) is 18.4 Å². The van der Waals surface area contributed by atoms with Crippen molar-refractivity contribution in [2.75, 3.05) is 12.9 Å². The van der Waals surface area contributed by atoms with Gasteiger partial charge in [0.05, 0.1) is 18.4 Å². The van der Waals surface area contributed by atoms with E-state index in [1.807, 2.05) is 0 Å². The van der Waals surface area contributed by atoms with Gasteiger partial charge in [0.15, 0.2) is 0 Å². The van der Waals surface area contributed by atoms with Crippen molar-refractivity contribution in [1.29, 1.82) is 0 Å². The number of amides is 1. The van der Waals surface area contributed by atoms with Gasteiger partial charge >= 0.3 is 0 Å². The first kappa shape index (κ1) is 24.8. The average molecular weight is 513 g/mol. The fraction of sp³-hybridized carbons (Fsp3) is 0.182. The van der Waals surface area contributed by atoms with Gasteiger partial charge in [-0.05, 0) is 44.2 Å². The molecule has 1 aromatic heterocycles. The molecule has 2 aromatic carbocycles. The van der Waals surface area contributed by atoms with Crippen LogP contribution in [0, 0.1) is 12.7 Å². The zero-order valence-electron chi connectivity index (χ0n) is 17.8. The van der Waals surface area contributed by atoms with E-state index in [1.165, 1.54) is 12.3 Å². The summed E-state index contributed by atoms with van der Waals surface area (Å²) in [6.45, 7) is 3.71. The fourth-order valence-electron chi connectivity index (χ4n) is 2.90. The molecule has 3 rings (SSSR count). The lowest BCUT2D eigenvalue weighted by atomic mass is 10.0. The summed E-state index contributed by atoms with van der Waals surface area (Å²) in [4.78, 5) is 16.4. The molecule has 0 fully saturated rings. The quantitative estimate of drug-likeness (QED) is 0.456. The van der Waals surface area contributed by atoms with Gasteiger partial charge in [-0.1, -0.05) is 29.3 Å². The van der Waals surface area contributed by atoms with Crippen LogP contribution in [0.4, 0.5) is 4.39 Å². The average Bonchev–Trinajstić information content (AvgIpc) is 2.72. The van der Waals surface area contributed by atoms with Crippen LogP contribution < -0.4 is 14.2 Å². The summed E-state index contributed by atoms with van der Waals surface area (Å²) < 4.78 is 50.5. The molecule has 0 unspecified atom stereocenters. The minimum absolute atomic E-state index is 0.119. The van der Waals surface area contributed by atoms with Crippen LogP contribution in [-0.4, -0.2) is 32.2 Å². The number of nitrogens with zero attached hydrogens (tertiary/aromatic N) is 1. The van der Waals surface area contributed by atoms with Crippen LogP contribution >= 0.6 is 23.2 Å². The molecule has 174 valence electrons. The summed E-state index contributed by atoms with van der Waals surface area (Å²) >= 11 is 12.5. The normalized spacial score (nSPS) is 11.2. The maximum atomic E-state index is 14.7. The number of halogens is 3.